The third-order valence-electron chi connectivity index (χ3n) is 13.5. The molecule has 2 nitrogen and oxygen atoms in total. The maximum atomic E-state index is 2.45. The standard InChI is InChI=1S/C59H44N2/c1-59(2)55-37-47(32-34-51(55)52-35-33-48(38-56(52)59)61-57-20-9-7-17-53(57)54-18-8-10-21-58(54)61)60(45-28-24-40(25-29-45)44-23-22-39-12-3-4-14-43(39)36-44)46-30-26-42(27-31-46)50-19-11-15-41-13-5-6-16-49(41)50/h3-18,20-38,50H,19H2,1-2H3. The van der Waals surface area contributed by atoms with E-state index in [0.717, 1.165) is 23.5 Å². The van der Waals surface area contributed by atoms with Crippen LogP contribution in [0.2, 0.25) is 0 Å². The van der Waals surface area contributed by atoms with E-state index in [1.54, 1.807) is 0 Å². The number of rotatable bonds is 6. The van der Waals surface area contributed by atoms with Crippen LogP contribution in [0.25, 0.3) is 66.6 Å². The van der Waals surface area contributed by atoms with Crippen molar-refractivity contribution in [3.05, 3.63) is 234 Å². The number of benzene rings is 9. The maximum Gasteiger partial charge on any atom is 0.0541 e. The topological polar surface area (TPSA) is 8.17 Å². The first kappa shape index (κ1) is 35.5. The molecule has 0 bridgehead atoms. The van der Waals surface area contributed by atoms with Crippen molar-refractivity contribution >= 4 is 55.7 Å². The molecule has 0 aliphatic heterocycles. The van der Waals surface area contributed by atoms with Crippen molar-refractivity contribution < 1.29 is 0 Å². The largest absolute Gasteiger partial charge is 0.310 e. The monoisotopic (exact) mass is 780 g/mol. The second-order valence-electron chi connectivity index (χ2n) is 17.3. The molecule has 1 unspecified atom stereocenters. The van der Waals surface area contributed by atoms with Gasteiger partial charge in [-0.2, -0.15) is 0 Å². The summed E-state index contributed by atoms with van der Waals surface area (Å²) in [6, 6.07) is 74.4. The van der Waals surface area contributed by atoms with Gasteiger partial charge < -0.3 is 9.47 Å². The summed E-state index contributed by atoms with van der Waals surface area (Å²) in [7, 11) is 0. The molecule has 0 saturated carbocycles. The number of para-hydroxylation sites is 2. The van der Waals surface area contributed by atoms with Crippen LogP contribution in [0.4, 0.5) is 17.1 Å². The third-order valence-corrected chi connectivity index (χ3v) is 13.5. The Balaban J connectivity index is 0.952. The Bertz CT molecular complexity index is 3310. The van der Waals surface area contributed by atoms with E-state index >= 15 is 0 Å². The van der Waals surface area contributed by atoms with Crippen molar-refractivity contribution in [3.63, 3.8) is 0 Å². The summed E-state index contributed by atoms with van der Waals surface area (Å²) in [5, 5.41) is 5.08. The Morgan fingerprint density at radius 1 is 0.492 bits per heavy atom. The molecule has 0 radical (unpaired) electrons. The Morgan fingerprint density at radius 3 is 1.84 bits per heavy atom. The Labute approximate surface area is 357 Å². The molecule has 0 fully saturated rings. The molecule has 2 heteroatoms. The molecule has 12 rings (SSSR count). The number of nitrogens with zero attached hydrogens (tertiary/aromatic N) is 2. The molecular weight excluding hydrogens is 737 g/mol. The van der Waals surface area contributed by atoms with Gasteiger partial charge in [-0.05, 0) is 134 Å². The SMILES string of the molecule is CC1(C)c2cc(N(c3ccc(-c4ccc5ccccc5c4)cc3)c3ccc(C4CC=Cc5ccccc54)cc3)ccc2-c2ccc(-n3c4ccccc4c4ccccc43)cc21. The van der Waals surface area contributed by atoms with Gasteiger partial charge in [0.1, 0.15) is 0 Å². The lowest BCUT2D eigenvalue weighted by Gasteiger charge is -2.29. The van der Waals surface area contributed by atoms with Crippen LogP contribution in [0.3, 0.4) is 0 Å². The first-order chi connectivity index (χ1) is 30.0. The third kappa shape index (κ3) is 5.70. The number of hydrogen-bond donors (Lipinski definition) is 0. The summed E-state index contributed by atoms with van der Waals surface area (Å²) in [5.74, 6) is 0.344. The molecule has 0 N–H and O–H groups in total. The lowest BCUT2D eigenvalue weighted by Crippen LogP contribution is -2.17. The van der Waals surface area contributed by atoms with Crippen molar-refractivity contribution in [1.29, 1.82) is 0 Å². The van der Waals surface area contributed by atoms with Crippen molar-refractivity contribution in [2.75, 3.05) is 4.90 Å². The second kappa shape index (κ2) is 13.8. The fourth-order valence-corrected chi connectivity index (χ4v) is 10.4. The van der Waals surface area contributed by atoms with Crippen LogP contribution in [0.5, 0.6) is 0 Å². The predicted molar refractivity (Wildman–Crippen MR) is 258 cm³/mol. The molecule has 1 heterocycles. The molecule has 0 saturated heterocycles. The molecule has 0 spiro atoms. The van der Waals surface area contributed by atoms with Gasteiger partial charge >= 0.3 is 0 Å². The van der Waals surface area contributed by atoms with Gasteiger partial charge in [0.05, 0.1) is 11.0 Å². The van der Waals surface area contributed by atoms with Crippen LogP contribution in [0.1, 0.15) is 54.0 Å². The van der Waals surface area contributed by atoms with Gasteiger partial charge in [-0.15, -0.1) is 0 Å². The van der Waals surface area contributed by atoms with Crippen LogP contribution in [0.15, 0.2) is 206 Å². The van der Waals surface area contributed by atoms with Crippen molar-refractivity contribution in [2.24, 2.45) is 0 Å². The lowest BCUT2D eigenvalue weighted by atomic mass is 9.82. The second-order valence-corrected chi connectivity index (χ2v) is 17.3. The number of fused-ring (bicyclic) bond motifs is 8. The summed E-state index contributed by atoms with van der Waals surface area (Å²) < 4.78 is 2.44. The fourth-order valence-electron chi connectivity index (χ4n) is 10.4. The van der Waals surface area contributed by atoms with Crippen molar-refractivity contribution in [3.8, 4) is 27.9 Å². The minimum atomic E-state index is -0.215. The Morgan fingerprint density at radius 2 is 1.08 bits per heavy atom. The minimum Gasteiger partial charge on any atom is -0.310 e. The average molecular weight is 781 g/mol. The molecule has 2 aliphatic rings. The highest BCUT2D eigenvalue weighted by Gasteiger charge is 2.36. The van der Waals surface area contributed by atoms with E-state index in [2.05, 4.69) is 236 Å². The van der Waals surface area contributed by atoms with Crippen molar-refractivity contribution in [2.45, 2.75) is 31.6 Å². The normalized spacial score (nSPS) is 14.9. The van der Waals surface area contributed by atoms with Gasteiger partial charge in [0, 0.05) is 44.9 Å². The van der Waals surface area contributed by atoms with E-state index in [1.165, 1.54) is 88.3 Å². The van der Waals surface area contributed by atoms with E-state index in [-0.39, 0.29) is 5.41 Å². The lowest BCUT2D eigenvalue weighted by molar-refractivity contribution is 0.660. The maximum absolute atomic E-state index is 2.45. The van der Waals surface area contributed by atoms with Gasteiger partial charge in [0.2, 0.25) is 0 Å². The molecule has 1 atom stereocenters. The summed E-state index contributed by atoms with van der Waals surface area (Å²) in [6.07, 6.45) is 5.60. The van der Waals surface area contributed by atoms with Crippen LogP contribution in [0, 0.1) is 0 Å². The summed E-state index contributed by atoms with van der Waals surface area (Å²) in [4.78, 5) is 2.44. The van der Waals surface area contributed by atoms with E-state index in [1.807, 2.05) is 0 Å². The summed E-state index contributed by atoms with van der Waals surface area (Å²) >= 11 is 0. The zero-order valence-corrected chi connectivity index (χ0v) is 34.4. The van der Waals surface area contributed by atoms with Gasteiger partial charge in [0.25, 0.3) is 0 Å². The molecule has 2 aliphatic carbocycles. The van der Waals surface area contributed by atoms with Crippen LogP contribution in [-0.4, -0.2) is 4.57 Å². The number of hydrogen-bond acceptors (Lipinski definition) is 1. The molecular formula is C59H44N2. The van der Waals surface area contributed by atoms with Crippen LogP contribution < -0.4 is 4.90 Å². The Kier molecular flexibility index (Phi) is 8.05. The average Bonchev–Trinajstić information content (AvgIpc) is 3.77. The van der Waals surface area contributed by atoms with E-state index in [0.29, 0.717) is 5.92 Å². The van der Waals surface area contributed by atoms with Gasteiger partial charge in [-0.1, -0.05) is 159 Å². The summed E-state index contributed by atoms with van der Waals surface area (Å²) in [5.41, 5.74) is 18.7. The molecule has 290 valence electrons. The smallest absolute Gasteiger partial charge is 0.0541 e. The number of aromatic nitrogens is 1. The Hall–Kier alpha value is -7.42. The van der Waals surface area contributed by atoms with E-state index in [4.69, 9.17) is 0 Å². The zero-order chi connectivity index (χ0) is 40.7. The molecule has 10 aromatic rings. The van der Waals surface area contributed by atoms with Crippen LogP contribution >= 0.6 is 0 Å². The van der Waals surface area contributed by atoms with E-state index < -0.39 is 0 Å². The van der Waals surface area contributed by atoms with Gasteiger partial charge in [-0.25, -0.2) is 0 Å². The molecule has 9 aromatic carbocycles. The zero-order valence-electron chi connectivity index (χ0n) is 34.4. The number of allylic oxidation sites excluding steroid dienone is 1. The van der Waals surface area contributed by atoms with Gasteiger partial charge in [0.15, 0.2) is 0 Å². The first-order valence-electron chi connectivity index (χ1n) is 21.5. The van der Waals surface area contributed by atoms with Crippen molar-refractivity contribution in [1.82, 2.24) is 4.57 Å². The predicted octanol–water partition coefficient (Wildman–Crippen LogP) is 15.9. The summed E-state index contributed by atoms with van der Waals surface area (Å²) in [6.45, 7) is 4.79. The highest BCUT2D eigenvalue weighted by molar-refractivity contribution is 6.09. The molecule has 1 aromatic heterocycles. The highest BCUT2D eigenvalue weighted by atomic mass is 15.1. The highest BCUT2D eigenvalue weighted by Crippen LogP contribution is 2.52. The quantitative estimate of drug-likeness (QED) is 0.163. The van der Waals surface area contributed by atoms with Gasteiger partial charge in [-0.3, -0.25) is 0 Å². The first-order valence-corrected chi connectivity index (χ1v) is 21.5. The van der Waals surface area contributed by atoms with Crippen LogP contribution in [-0.2, 0) is 5.41 Å². The molecule has 61 heavy (non-hydrogen) atoms. The minimum absolute atomic E-state index is 0.215. The molecule has 0 amide bonds. The fraction of sp³-hybridized carbons (Fsp3) is 0.0847. The number of anilines is 3. The van der Waals surface area contributed by atoms with E-state index in [9.17, 15) is 0 Å².